The summed E-state index contributed by atoms with van der Waals surface area (Å²) in [5.41, 5.74) is 1.76. The van der Waals surface area contributed by atoms with Crippen LogP contribution in [-0.4, -0.2) is 62.2 Å². The molecule has 2 unspecified atom stereocenters. The molecule has 2 atom stereocenters. The number of nitrogens with zero attached hydrogens (tertiary/aromatic N) is 4. The molecule has 2 saturated heterocycles. The predicted octanol–water partition coefficient (Wildman–Crippen LogP) is 4.89. The van der Waals surface area contributed by atoms with E-state index in [1.54, 1.807) is 24.3 Å². The molecule has 2 aromatic carbocycles. The van der Waals surface area contributed by atoms with E-state index in [1.807, 2.05) is 43.3 Å². The van der Waals surface area contributed by atoms with Crippen molar-refractivity contribution in [3.63, 3.8) is 0 Å². The summed E-state index contributed by atoms with van der Waals surface area (Å²) in [6.07, 6.45) is 4.98. The van der Waals surface area contributed by atoms with Gasteiger partial charge in [0.2, 0.25) is 21.6 Å². The SMILES string of the molecule is CN(C)c1ccc(N=Nc2ccc(S(=O)(=O)N3CCC4(CC3)OOC3(O4)C4CC5CC3CC(O)(C5)C4)cc2)cc1. The predicted molar refractivity (Wildman–Crippen MR) is 147 cm³/mol. The normalized spacial score (nSPS) is 34.8. The van der Waals surface area contributed by atoms with Crippen LogP contribution in [0.1, 0.15) is 44.9 Å². The van der Waals surface area contributed by atoms with Crippen molar-refractivity contribution >= 4 is 27.1 Å². The van der Waals surface area contributed by atoms with Crippen molar-refractivity contribution < 1.29 is 28.0 Å². The largest absolute Gasteiger partial charge is 0.390 e. The molecular weight excluding hydrogens is 532 g/mol. The molecule has 11 heteroatoms. The fourth-order valence-corrected chi connectivity index (χ4v) is 9.11. The van der Waals surface area contributed by atoms with E-state index in [0.29, 0.717) is 37.3 Å². The number of azo groups is 1. The third kappa shape index (κ3) is 4.38. The molecule has 214 valence electrons. The van der Waals surface area contributed by atoms with E-state index in [0.717, 1.165) is 30.6 Å². The Kier molecular flexibility index (Phi) is 6.16. The zero-order valence-corrected chi connectivity index (χ0v) is 23.7. The number of sulfonamides is 1. The first-order valence-corrected chi connectivity index (χ1v) is 15.6. The Bertz CT molecular complexity index is 1390. The summed E-state index contributed by atoms with van der Waals surface area (Å²) >= 11 is 0. The number of ether oxygens (including phenoxy) is 1. The standard InChI is InChI=1S/C29H36N4O6S/c1-32(2)25-7-3-23(4-8-25)30-31-24-5-9-26(10-6-24)40(35,36)33-13-11-28(12-14-33)37-29(39-38-28)21-15-20-16-22(29)19-27(34,17-20)18-21/h3-10,20-22,34H,11-19H2,1-2H3. The Morgan fingerprint density at radius 3 is 2.00 bits per heavy atom. The van der Waals surface area contributed by atoms with Crippen molar-refractivity contribution in [1.82, 2.24) is 4.31 Å². The molecule has 40 heavy (non-hydrogen) atoms. The van der Waals surface area contributed by atoms with E-state index < -0.39 is 27.2 Å². The summed E-state index contributed by atoms with van der Waals surface area (Å²) in [5, 5.41) is 19.5. The first kappa shape index (κ1) is 26.5. The molecule has 6 fully saturated rings. The molecular formula is C29H36N4O6S. The zero-order chi connectivity index (χ0) is 27.8. The molecule has 4 aliphatic carbocycles. The van der Waals surface area contributed by atoms with Crippen LogP contribution < -0.4 is 4.90 Å². The maximum atomic E-state index is 13.4. The topological polar surface area (TPSA) is 113 Å². The van der Waals surface area contributed by atoms with Crippen LogP contribution in [0.4, 0.5) is 17.1 Å². The van der Waals surface area contributed by atoms with Crippen LogP contribution >= 0.6 is 0 Å². The number of piperidine rings is 1. The van der Waals surface area contributed by atoms with Crippen LogP contribution in [0.3, 0.4) is 0 Å². The average molecular weight is 569 g/mol. The number of aliphatic hydroxyl groups is 1. The van der Waals surface area contributed by atoms with Crippen LogP contribution in [-0.2, 0) is 24.5 Å². The minimum Gasteiger partial charge on any atom is -0.390 e. The van der Waals surface area contributed by atoms with Crippen molar-refractivity contribution in [3.8, 4) is 0 Å². The van der Waals surface area contributed by atoms with Crippen molar-refractivity contribution in [2.45, 2.75) is 67.0 Å². The summed E-state index contributed by atoms with van der Waals surface area (Å²) < 4.78 is 35.0. The van der Waals surface area contributed by atoms with Crippen LogP contribution in [0.25, 0.3) is 0 Å². The maximum absolute atomic E-state index is 13.4. The molecule has 2 aliphatic heterocycles. The van der Waals surface area contributed by atoms with Crippen LogP contribution in [0.5, 0.6) is 0 Å². The molecule has 6 aliphatic rings. The minimum absolute atomic E-state index is 0.109. The maximum Gasteiger partial charge on any atom is 0.243 e. The molecule has 1 N–H and O–H groups in total. The highest BCUT2D eigenvalue weighted by Gasteiger charge is 2.69. The highest BCUT2D eigenvalue weighted by Crippen LogP contribution is 2.64. The van der Waals surface area contributed by atoms with E-state index in [-0.39, 0.29) is 29.8 Å². The van der Waals surface area contributed by atoms with Gasteiger partial charge in [0.25, 0.3) is 0 Å². The van der Waals surface area contributed by atoms with Gasteiger partial charge < -0.3 is 14.7 Å². The Hall–Kier alpha value is -2.41. The van der Waals surface area contributed by atoms with Crippen molar-refractivity contribution in [3.05, 3.63) is 48.5 Å². The molecule has 2 spiro atoms. The molecule has 4 bridgehead atoms. The van der Waals surface area contributed by atoms with Crippen LogP contribution in [0.15, 0.2) is 63.7 Å². The average Bonchev–Trinajstić information content (AvgIpc) is 3.30. The minimum atomic E-state index is -3.69. The first-order valence-electron chi connectivity index (χ1n) is 14.2. The Morgan fingerprint density at radius 1 is 0.875 bits per heavy atom. The highest BCUT2D eigenvalue weighted by atomic mass is 32.2. The highest BCUT2D eigenvalue weighted by molar-refractivity contribution is 7.89. The van der Waals surface area contributed by atoms with Gasteiger partial charge in [-0.2, -0.15) is 24.3 Å². The van der Waals surface area contributed by atoms with Gasteiger partial charge in [-0.15, -0.1) is 0 Å². The summed E-state index contributed by atoms with van der Waals surface area (Å²) in [7, 11) is 0.260. The van der Waals surface area contributed by atoms with Gasteiger partial charge in [-0.3, -0.25) is 0 Å². The molecule has 2 aromatic rings. The lowest BCUT2D eigenvalue weighted by Crippen LogP contribution is -2.64. The fourth-order valence-electron chi connectivity index (χ4n) is 7.67. The van der Waals surface area contributed by atoms with Crippen LogP contribution in [0, 0.1) is 17.8 Å². The van der Waals surface area contributed by atoms with E-state index in [4.69, 9.17) is 14.5 Å². The van der Waals surface area contributed by atoms with Gasteiger partial charge in [-0.25, -0.2) is 8.42 Å². The van der Waals surface area contributed by atoms with Crippen LogP contribution in [0.2, 0.25) is 0 Å². The van der Waals surface area contributed by atoms with Gasteiger partial charge in [0, 0.05) is 57.5 Å². The van der Waals surface area contributed by atoms with Gasteiger partial charge in [-0.05, 0) is 86.6 Å². The molecule has 2 heterocycles. The van der Waals surface area contributed by atoms with E-state index in [9.17, 15) is 13.5 Å². The number of hydrogen-bond acceptors (Lipinski definition) is 9. The van der Waals surface area contributed by atoms with Crippen molar-refractivity contribution in [1.29, 1.82) is 0 Å². The smallest absolute Gasteiger partial charge is 0.243 e. The van der Waals surface area contributed by atoms with Gasteiger partial charge in [-0.1, -0.05) is 0 Å². The molecule has 4 saturated carbocycles. The lowest BCUT2D eigenvalue weighted by atomic mass is 9.51. The van der Waals surface area contributed by atoms with Gasteiger partial charge in [0.15, 0.2) is 0 Å². The zero-order valence-electron chi connectivity index (χ0n) is 22.9. The molecule has 0 amide bonds. The van der Waals surface area contributed by atoms with E-state index in [2.05, 4.69) is 10.2 Å². The van der Waals surface area contributed by atoms with Gasteiger partial charge in [0.1, 0.15) is 0 Å². The third-order valence-electron chi connectivity index (χ3n) is 9.57. The second-order valence-electron chi connectivity index (χ2n) is 12.5. The summed E-state index contributed by atoms with van der Waals surface area (Å²) in [4.78, 5) is 14.2. The first-order chi connectivity index (χ1) is 19.1. The lowest BCUT2D eigenvalue weighted by molar-refractivity contribution is -0.397. The van der Waals surface area contributed by atoms with Gasteiger partial charge in [0.05, 0.1) is 21.9 Å². The molecule has 8 rings (SSSR count). The lowest BCUT2D eigenvalue weighted by Gasteiger charge is -2.60. The fraction of sp³-hybridized carbons (Fsp3) is 0.586. The number of anilines is 1. The monoisotopic (exact) mass is 568 g/mol. The summed E-state index contributed by atoms with van der Waals surface area (Å²) in [6.45, 7) is 0.544. The summed E-state index contributed by atoms with van der Waals surface area (Å²) in [5.74, 6) is -1.02. The third-order valence-corrected chi connectivity index (χ3v) is 11.5. The van der Waals surface area contributed by atoms with E-state index in [1.165, 1.54) is 4.31 Å². The number of benzene rings is 2. The number of hydrogen-bond donors (Lipinski definition) is 1. The molecule has 10 nitrogen and oxygen atoms in total. The second kappa shape index (κ2) is 9.30. The molecule has 0 radical (unpaired) electrons. The Morgan fingerprint density at radius 2 is 1.45 bits per heavy atom. The Balaban J connectivity index is 0.992. The van der Waals surface area contributed by atoms with Crippen molar-refractivity contribution in [2.24, 2.45) is 28.0 Å². The quantitative estimate of drug-likeness (QED) is 0.403. The van der Waals surface area contributed by atoms with E-state index >= 15 is 0 Å². The van der Waals surface area contributed by atoms with Crippen molar-refractivity contribution in [2.75, 3.05) is 32.1 Å². The summed E-state index contributed by atoms with van der Waals surface area (Å²) in [6, 6.07) is 14.2. The Labute approximate surface area is 234 Å². The molecule has 0 aromatic heterocycles. The van der Waals surface area contributed by atoms with Gasteiger partial charge >= 0.3 is 0 Å². The number of rotatable bonds is 5. The second-order valence-corrected chi connectivity index (χ2v) is 14.4.